The van der Waals surface area contributed by atoms with E-state index in [9.17, 15) is 14.7 Å². The van der Waals surface area contributed by atoms with E-state index in [0.29, 0.717) is 5.69 Å². The molecular weight excluding hydrogens is 256 g/mol. The zero-order chi connectivity index (χ0) is 14.3. The highest BCUT2D eigenvalue weighted by Gasteiger charge is 2.51. The van der Waals surface area contributed by atoms with Gasteiger partial charge in [0.15, 0.2) is 0 Å². The molecule has 20 heavy (non-hydrogen) atoms. The highest BCUT2D eigenvalue weighted by atomic mass is 16.4. The molecule has 5 nitrogen and oxygen atoms in total. The maximum absolute atomic E-state index is 12.4. The predicted molar refractivity (Wildman–Crippen MR) is 73.0 cm³/mol. The number of anilines is 1. The lowest BCUT2D eigenvalue weighted by atomic mass is 9.82. The van der Waals surface area contributed by atoms with Gasteiger partial charge in [0, 0.05) is 18.1 Å². The van der Waals surface area contributed by atoms with Crippen LogP contribution in [0.4, 0.5) is 5.69 Å². The first-order valence-electron chi connectivity index (χ1n) is 6.70. The van der Waals surface area contributed by atoms with Crippen molar-refractivity contribution in [2.45, 2.75) is 13.3 Å². The summed E-state index contributed by atoms with van der Waals surface area (Å²) < 4.78 is 0. The van der Waals surface area contributed by atoms with Crippen LogP contribution in [-0.2, 0) is 9.59 Å². The van der Waals surface area contributed by atoms with Crippen LogP contribution in [0.2, 0.25) is 0 Å². The Labute approximate surface area is 116 Å². The van der Waals surface area contributed by atoms with Gasteiger partial charge in [-0.05, 0) is 36.8 Å². The molecule has 0 aromatic carbocycles. The summed E-state index contributed by atoms with van der Waals surface area (Å²) in [7, 11) is 0. The Morgan fingerprint density at radius 3 is 2.65 bits per heavy atom. The quantitative estimate of drug-likeness (QED) is 0.823. The number of carbonyl (C=O) groups is 2. The molecule has 0 radical (unpaired) electrons. The third kappa shape index (κ3) is 1.99. The molecule has 1 amide bonds. The fraction of sp³-hybridized carbons (Fsp3) is 0.400. The number of rotatable bonds is 3. The van der Waals surface area contributed by atoms with E-state index >= 15 is 0 Å². The van der Waals surface area contributed by atoms with Gasteiger partial charge >= 0.3 is 5.97 Å². The number of hydrogen-bond acceptors (Lipinski definition) is 3. The number of carboxylic acids is 1. The monoisotopic (exact) mass is 272 g/mol. The molecule has 2 N–H and O–H groups in total. The summed E-state index contributed by atoms with van der Waals surface area (Å²) >= 11 is 0. The third-order valence-corrected chi connectivity index (χ3v) is 4.33. The summed E-state index contributed by atoms with van der Waals surface area (Å²) in [4.78, 5) is 27.8. The molecule has 1 aromatic heterocycles. The second-order valence-corrected chi connectivity index (χ2v) is 5.52. The third-order valence-electron chi connectivity index (χ3n) is 4.33. The molecule has 0 aliphatic heterocycles. The molecule has 3 rings (SSSR count). The summed E-state index contributed by atoms with van der Waals surface area (Å²) in [5.41, 5.74) is 1.56. The first-order chi connectivity index (χ1) is 9.58. The summed E-state index contributed by atoms with van der Waals surface area (Å²) in [6, 6.07) is 1.73. The molecule has 0 spiro atoms. The first-order valence-corrected chi connectivity index (χ1v) is 6.70. The van der Waals surface area contributed by atoms with Crippen LogP contribution in [0.1, 0.15) is 12.0 Å². The fourth-order valence-electron chi connectivity index (χ4n) is 3.35. The molecule has 4 atom stereocenters. The lowest BCUT2D eigenvalue weighted by molar-refractivity contribution is -0.146. The summed E-state index contributed by atoms with van der Waals surface area (Å²) in [6.07, 6.45) is 7.96. The van der Waals surface area contributed by atoms with Gasteiger partial charge in [-0.15, -0.1) is 0 Å². The van der Waals surface area contributed by atoms with Crippen molar-refractivity contribution in [3.8, 4) is 0 Å². The lowest BCUT2D eigenvalue weighted by Crippen LogP contribution is -2.36. The number of aromatic nitrogens is 1. The van der Waals surface area contributed by atoms with E-state index in [-0.39, 0.29) is 17.7 Å². The number of carboxylic acid groups (broad SMARTS) is 1. The molecule has 2 aliphatic carbocycles. The Kier molecular flexibility index (Phi) is 3.04. The maximum atomic E-state index is 12.4. The van der Waals surface area contributed by atoms with Gasteiger partial charge in [-0.2, -0.15) is 0 Å². The molecule has 1 aromatic rings. The second kappa shape index (κ2) is 4.74. The minimum atomic E-state index is -0.881. The van der Waals surface area contributed by atoms with Crippen LogP contribution >= 0.6 is 0 Å². The molecule has 2 unspecified atom stereocenters. The van der Waals surface area contributed by atoms with Gasteiger partial charge in [-0.25, -0.2) is 0 Å². The molecular formula is C15H16N2O3. The first kappa shape index (κ1) is 12.8. The molecule has 1 heterocycles. The number of nitrogens with zero attached hydrogens (tertiary/aromatic N) is 1. The van der Waals surface area contributed by atoms with E-state index in [1.165, 1.54) is 0 Å². The van der Waals surface area contributed by atoms with E-state index < -0.39 is 17.8 Å². The van der Waals surface area contributed by atoms with Crippen molar-refractivity contribution in [3.05, 3.63) is 36.2 Å². The number of aryl methyl sites for hydroxylation is 1. The van der Waals surface area contributed by atoms with Gasteiger partial charge in [0.05, 0.1) is 11.8 Å². The zero-order valence-electron chi connectivity index (χ0n) is 11.1. The minimum absolute atomic E-state index is 0.00760. The maximum Gasteiger partial charge on any atom is 0.307 e. The number of amides is 1. The van der Waals surface area contributed by atoms with E-state index in [1.54, 1.807) is 18.5 Å². The van der Waals surface area contributed by atoms with Crippen LogP contribution < -0.4 is 5.32 Å². The molecule has 5 heteroatoms. The summed E-state index contributed by atoms with van der Waals surface area (Å²) in [6.45, 7) is 1.86. The highest BCUT2D eigenvalue weighted by Crippen LogP contribution is 2.48. The average Bonchev–Trinajstić information content (AvgIpc) is 3.01. The number of carbonyl (C=O) groups excluding carboxylic acids is 1. The summed E-state index contributed by atoms with van der Waals surface area (Å²) in [5.74, 6) is -2.13. The van der Waals surface area contributed by atoms with E-state index in [2.05, 4.69) is 10.3 Å². The van der Waals surface area contributed by atoms with Crippen molar-refractivity contribution in [1.82, 2.24) is 4.98 Å². The van der Waals surface area contributed by atoms with Crippen molar-refractivity contribution in [2.24, 2.45) is 23.7 Å². The Morgan fingerprint density at radius 1 is 1.30 bits per heavy atom. The molecule has 2 bridgehead atoms. The SMILES string of the molecule is Cc1cnccc1NC(=O)[C@H]1C2C=CC(C2)[C@H]1C(=O)O. The topological polar surface area (TPSA) is 79.3 Å². The fourth-order valence-corrected chi connectivity index (χ4v) is 3.35. The normalized spacial score (nSPS) is 30.4. The number of hydrogen-bond donors (Lipinski definition) is 2. The van der Waals surface area contributed by atoms with Gasteiger partial charge in [-0.1, -0.05) is 12.2 Å². The lowest BCUT2D eigenvalue weighted by Gasteiger charge is -2.24. The van der Waals surface area contributed by atoms with Crippen molar-refractivity contribution >= 4 is 17.6 Å². The Bertz CT molecular complexity index is 597. The highest BCUT2D eigenvalue weighted by molar-refractivity contribution is 5.96. The zero-order valence-corrected chi connectivity index (χ0v) is 11.1. The van der Waals surface area contributed by atoms with E-state index in [4.69, 9.17) is 0 Å². The van der Waals surface area contributed by atoms with Gasteiger partial charge in [0.2, 0.25) is 5.91 Å². The van der Waals surface area contributed by atoms with Crippen molar-refractivity contribution < 1.29 is 14.7 Å². The van der Waals surface area contributed by atoms with Gasteiger partial charge in [0.1, 0.15) is 0 Å². The molecule has 0 saturated heterocycles. The van der Waals surface area contributed by atoms with Crippen molar-refractivity contribution in [2.75, 3.05) is 5.32 Å². The van der Waals surface area contributed by atoms with Crippen LogP contribution in [0.25, 0.3) is 0 Å². The van der Waals surface area contributed by atoms with Crippen molar-refractivity contribution in [1.29, 1.82) is 0 Å². The minimum Gasteiger partial charge on any atom is -0.481 e. The molecule has 104 valence electrons. The van der Waals surface area contributed by atoms with Crippen LogP contribution in [0.15, 0.2) is 30.6 Å². The van der Waals surface area contributed by atoms with Crippen LogP contribution in [-0.4, -0.2) is 22.0 Å². The number of aliphatic carboxylic acids is 1. The number of nitrogens with one attached hydrogen (secondary N) is 1. The molecule has 2 aliphatic rings. The van der Waals surface area contributed by atoms with Gasteiger partial charge in [0.25, 0.3) is 0 Å². The molecule has 1 fully saturated rings. The average molecular weight is 272 g/mol. The van der Waals surface area contributed by atoms with Crippen LogP contribution in [0.5, 0.6) is 0 Å². The second-order valence-electron chi connectivity index (χ2n) is 5.52. The molecule has 1 saturated carbocycles. The van der Waals surface area contributed by atoms with Crippen LogP contribution in [0, 0.1) is 30.6 Å². The van der Waals surface area contributed by atoms with Crippen LogP contribution in [0.3, 0.4) is 0 Å². The largest absolute Gasteiger partial charge is 0.481 e. The Balaban J connectivity index is 1.82. The van der Waals surface area contributed by atoms with Gasteiger partial charge < -0.3 is 10.4 Å². The van der Waals surface area contributed by atoms with E-state index in [1.807, 2.05) is 19.1 Å². The predicted octanol–water partition coefficient (Wildman–Crippen LogP) is 1.85. The smallest absolute Gasteiger partial charge is 0.307 e. The standard InChI is InChI=1S/C15H16N2O3/c1-8-7-16-5-4-11(8)17-14(18)12-9-2-3-10(6-9)13(12)15(19)20/h2-5,7,9-10,12-13H,6H2,1H3,(H,19,20)(H,16,17,18)/t9?,10?,12-,13+/m0/s1. The van der Waals surface area contributed by atoms with Crippen molar-refractivity contribution in [3.63, 3.8) is 0 Å². The summed E-state index contributed by atoms with van der Waals surface area (Å²) in [5, 5.41) is 12.2. The Morgan fingerprint density at radius 2 is 2.00 bits per heavy atom. The van der Waals surface area contributed by atoms with E-state index in [0.717, 1.165) is 12.0 Å². The number of fused-ring (bicyclic) bond motifs is 2. The number of pyridine rings is 1. The van der Waals surface area contributed by atoms with Gasteiger partial charge in [-0.3, -0.25) is 14.6 Å². The number of allylic oxidation sites excluding steroid dienone is 2. The Hall–Kier alpha value is -2.17.